The molecule has 3 heterocycles. The third-order valence-corrected chi connectivity index (χ3v) is 7.34. The predicted octanol–water partition coefficient (Wildman–Crippen LogP) is 1.92. The third kappa shape index (κ3) is 4.54. The van der Waals surface area contributed by atoms with E-state index in [0.717, 1.165) is 38.0 Å². The summed E-state index contributed by atoms with van der Waals surface area (Å²) in [6.45, 7) is 5.73. The zero-order chi connectivity index (χ0) is 19.8. The van der Waals surface area contributed by atoms with Gasteiger partial charge in [0.2, 0.25) is 0 Å². The second kappa shape index (κ2) is 7.91. The van der Waals surface area contributed by atoms with E-state index in [2.05, 4.69) is 23.8 Å². The Balaban J connectivity index is 1.87. The molecule has 0 spiro atoms. The maximum Gasteiger partial charge on any atom is 0.274 e. The van der Waals surface area contributed by atoms with Gasteiger partial charge in [-0.1, -0.05) is 13.8 Å². The first-order valence-corrected chi connectivity index (χ1v) is 11.8. The van der Waals surface area contributed by atoms with Gasteiger partial charge in [-0.25, -0.2) is 8.42 Å². The average Bonchev–Trinajstić information content (AvgIpc) is 3.17. The van der Waals surface area contributed by atoms with Gasteiger partial charge in [0.15, 0.2) is 15.5 Å². The molecule has 7 nitrogen and oxygen atoms in total. The van der Waals surface area contributed by atoms with Crippen LogP contribution in [0.25, 0.3) is 0 Å². The molecule has 2 aliphatic heterocycles. The highest BCUT2D eigenvalue weighted by molar-refractivity contribution is 7.91. The molecule has 0 aliphatic carbocycles. The zero-order valence-electron chi connectivity index (χ0n) is 16.9. The number of nitrogens with zero attached hydrogens (tertiary/aromatic N) is 4. The van der Waals surface area contributed by atoms with E-state index in [4.69, 9.17) is 0 Å². The lowest BCUT2D eigenvalue weighted by atomic mass is 10.0. The minimum Gasteiger partial charge on any atom is -0.333 e. The van der Waals surface area contributed by atoms with Gasteiger partial charge in [-0.2, -0.15) is 5.10 Å². The Hall–Kier alpha value is -1.41. The largest absolute Gasteiger partial charge is 0.333 e. The average molecular weight is 397 g/mol. The molecule has 0 saturated carbocycles. The molecular formula is C19H32N4O3S. The van der Waals surface area contributed by atoms with Crippen molar-refractivity contribution in [3.8, 4) is 0 Å². The van der Waals surface area contributed by atoms with E-state index in [1.54, 1.807) is 0 Å². The van der Waals surface area contributed by atoms with Crippen molar-refractivity contribution in [3.05, 3.63) is 17.5 Å². The number of amides is 1. The van der Waals surface area contributed by atoms with Crippen LogP contribution in [0.3, 0.4) is 0 Å². The summed E-state index contributed by atoms with van der Waals surface area (Å²) >= 11 is 0. The fourth-order valence-corrected chi connectivity index (χ4v) is 5.92. The Morgan fingerprint density at radius 2 is 2.04 bits per heavy atom. The van der Waals surface area contributed by atoms with Crippen LogP contribution in [0.15, 0.2) is 6.07 Å². The van der Waals surface area contributed by atoms with E-state index >= 15 is 0 Å². The molecule has 0 aromatic carbocycles. The lowest BCUT2D eigenvalue weighted by molar-refractivity contribution is 0.0567. The molecule has 3 rings (SSSR count). The lowest BCUT2D eigenvalue weighted by Gasteiger charge is -2.36. The first-order chi connectivity index (χ1) is 12.7. The molecule has 152 valence electrons. The highest BCUT2D eigenvalue weighted by Gasteiger charge is 2.34. The van der Waals surface area contributed by atoms with Crippen molar-refractivity contribution < 1.29 is 13.2 Å². The number of sulfone groups is 1. The van der Waals surface area contributed by atoms with E-state index in [1.165, 1.54) is 0 Å². The van der Waals surface area contributed by atoms with Gasteiger partial charge in [-0.05, 0) is 51.8 Å². The van der Waals surface area contributed by atoms with Crippen LogP contribution in [-0.2, 0) is 9.84 Å². The van der Waals surface area contributed by atoms with Gasteiger partial charge < -0.3 is 9.80 Å². The molecule has 1 aromatic rings. The smallest absolute Gasteiger partial charge is 0.274 e. The monoisotopic (exact) mass is 396 g/mol. The Kier molecular flexibility index (Phi) is 5.96. The van der Waals surface area contributed by atoms with Crippen LogP contribution in [-0.4, -0.2) is 78.6 Å². The van der Waals surface area contributed by atoms with E-state index in [0.29, 0.717) is 12.1 Å². The van der Waals surface area contributed by atoms with Crippen molar-refractivity contribution in [3.63, 3.8) is 0 Å². The number of likely N-dealkylation sites (N-methyl/N-ethyl adjacent to an activating group) is 1. The molecule has 1 amide bonds. The normalized spacial score (nSPS) is 25.5. The standard InChI is InChI=1S/C19H32N4O3S/c1-14(2)18-11-17(20-23(18)16-8-10-27(25,26)13-16)19(24)22-9-6-5-7-15(22)12-21(3)4/h11,14-16H,5-10,12-13H2,1-4H3/t15-,16+/m1/s1. The summed E-state index contributed by atoms with van der Waals surface area (Å²) in [5, 5.41) is 4.62. The number of rotatable bonds is 5. The first-order valence-electron chi connectivity index (χ1n) is 9.93. The van der Waals surface area contributed by atoms with Crippen LogP contribution < -0.4 is 0 Å². The van der Waals surface area contributed by atoms with E-state index in [1.807, 2.05) is 29.7 Å². The molecule has 1 aromatic heterocycles. The van der Waals surface area contributed by atoms with Crippen LogP contribution in [0.5, 0.6) is 0 Å². The van der Waals surface area contributed by atoms with Crippen molar-refractivity contribution in [2.45, 2.75) is 57.5 Å². The van der Waals surface area contributed by atoms with Gasteiger partial charge in [0.25, 0.3) is 5.91 Å². The summed E-state index contributed by atoms with van der Waals surface area (Å²) in [7, 11) is 1.06. The van der Waals surface area contributed by atoms with Gasteiger partial charge in [-0.15, -0.1) is 0 Å². The third-order valence-electron chi connectivity index (χ3n) is 5.59. The second-order valence-electron chi connectivity index (χ2n) is 8.52. The number of hydrogen-bond acceptors (Lipinski definition) is 5. The molecule has 8 heteroatoms. The number of carbonyl (C=O) groups is 1. The van der Waals surface area contributed by atoms with Crippen molar-refractivity contribution in [1.82, 2.24) is 19.6 Å². The van der Waals surface area contributed by atoms with Crippen LogP contribution in [0.2, 0.25) is 0 Å². The molecular weight excluding hydrogens is 364 g/mol. The number of piperidine rings is 1. The summed E-state index contributed by atoms with van der Waals surface area (Å²) in [5.74, 6) is 0.481. The van der Waals surface area contributed by atoms with Crippen LogP contribution in [0, 0.1) is 0 Å². The molecule has 0 N–H and O–H groups in total. The highest BCUT2D eigenvalue weighted by atomic mass is 32.2. The predicted molar refractivity (Wildman–Crippen MR) is 106 cm³/mol. The van der Waals surface area contributed by atoms with Crippen molar-refractivity contribution in [1.29, 1.82) is 0 Å². The Labute approximate surface area is 162 Å². The van der Waals surface area contributed by atoms with Crippen molar-refractivity contribution >= 4 is 15.7 Å². The molecule has 0 radical (unpaired) electrons. The quantitative estimate of drug-likeness (QED) is 0.760. The summed E-state index contributed by atoms with van der Waals surface area (Å²) in [5.41, 5.74) is 1.40. The van der Waals surface area contributed by atoms with Gasteiger partial charge in [0.05, 0.1) is 17.5 Å². The van der Waals surface area contributed by atoms with E-state index < -0.39 is 9.84 Å². The van der Waals surface area contributed by atoms with Gasteiger partial charge in [-0.3, -0.25) is 9.48 Å². The number of aromatic nitrogens is 2. The van der Waals surface area contributed by atoms with Gasteiger partial charge in [0, 0.05) is 24.8 Å². The zero-order valence-corrected chi connectivity index (χ0v) is 17.7. The molecule has 2 atom stereocenters. The Morgan fingerprint density at radius 1 is 1.30 bits per heavy atom. The van der Waals surface area contributed by atoms with Crippen LogP contribution in [0.1, 0.15) is 67.7 Å². The summed E-state index contributed by atoms with van der Waals surface area (Å²) in [4.78, 5) is 17.3. The lowest BCUT2D eigenvalue weighted by Crippen LogP contribution is -2.48. The highest BCUT2D eigenvalue weighted by Crippen LogP contribution is 2.29. The number of likely N-dealkylation sites (tertiary alicyclic amines) is 1. The molecule has 27 heavy (non-hydrogen) atoms. The van der Waals surface area contributed by atoms with Gasteiger partial charge >= 0.3 is 0 Å². The number of hydrogen-bond donors (Lipinski definition) is 0. The molecule has 2 saturated heterocycles. The second-order valence-corrected chi connectivity index (χ2v) is 10.7. The minimum atomic E-state index is -3.00. The molecule has 0 bridgehead atoms. The summed E-state index contributed by atoms with van der Waals surface area (Å²) < 4.78 is 25.6. The van der Waals surface area contributed by atoms with Crippen molar-refractivity contribution in [2.75, 3.05) is 38.7 Å². The Bertz CT molecular complexity index is 785. The first kappa shape index (κ1) is 20.3. The fourth-order valence-electron chi connectivity index (χ4n) is 4.23. The molecule has 0 unspecified atom stereocenters. The summed E-state index contributed by atoms with van der Waals surface area (Å²) in [6, 6.07) is 1.92. The van der Waals surface area contributed by atoms with Crippen LogP contribution in [0.4, 0.5) is 0 Å². The fraction of sp³-hybridized carbons (Fsp3) is 0.789. The van der Waals surface area contributed by atoms with E-state index in [-0.39, 0.29) is 35.4 Å². The topological polar surface area (TPSA) is 75.5 Å². The Morgan fingerprint density at radius 3 is 2.63 bits per heavy atom. The van der Waals surface area contributed by atoms with Crippen molar-refractivity contribution in [2.24, 2.45) is 0 Å². The minimum absolute atomic E-state index is 0.0249. The number of carbonyl (C=O) groups excluding carboxylic acids is 1. The maximum atomic E-state index is 13.2. The molecule has 2 fully saturated rings. The maximum absolute atomic E-state index is 13.2. The van der Waals surface area contributed by atoms with Crippen LogP contribution >= 0.6 is 0 Å². The van der Waals surface area contributed by atoms with Gasteiger partial charge in [0.1, 0.15) is 0 Å². The summed E-state index contributed by atoms with van der Waals surface area (Å²) in [6.07, 6.45) is 3.76. The SMILES string of the molecule is CC(C)c1cc(C(=O)N2CCCC[C@@H]2CN(C)C)nn1[C@H]1CCS(=O)(=O)C1. The van der Waals surface area contributed by atoms with E-state index in [9.17, 15) is 13.2 Å². The molecule has 2 aliphatic rings.